The maximum atomic E-state index is 6.06. The lowest BCUT2D eigenvalue weighted by Gasteiger charge is -2.10. The van der Waals surface area contributed by atoms with Crippen molar-refractivity contribution in [3.05, 3.63) is 89.6 Å². The molecule has 3 aromatic heterocycles. The summed E-state index contributed by atoms with van der Waals surface area (Å²) in [5.74, 6) is 0.824. The van der Waals surface area contributed by atoms with Gasteiger partial charge in [0.15, 0.2) is 5.65 Å². The zero-order valence-corrected chi connectivity index (χ0v) is 17.8. The Morgan fingerprint density at radius 1 is 0.906 bits per heavy atom. The van der Waals surface area contributed by atoms with Gasteiger partial charge in [0.05, 0.1) is 5.52 Å². The molecule has 6 aromatic rings. The first-order valence-corrected chi connectivity index (χ1v) is 10.8. The first-order valence-electron chi connectivity index (χ1n) is 10.5. The number of hydrogen-bond donors (Lipinski definition) is 2. The summed E-state index contributed by atoms with van der Waals surface area (Å²) in [7, 11) is 0. The van der Waals surface area contributed by atoms with Gasteiger partial charge in [-0.25, -0.2) is 4.98 Å². The molecule has 7 heteroatoms. The molecule has 6 nitrogen and oxygen atoms in total. The van der Waals surface area contributed by atoms with Gasteiger partial charge >= 0.3 is 0 Å². The highest BCUT2D eigenvalue weighted by molar-refractivity contribution is 6.30. The van der Waals surface area contributed by atoms with Crippen LogP contribution >= 0.6 is 11.6 Å². The van der Waals surface area contributed by atoms with Gasteiger partial charge in [-0.15, -0.1) is 5.10 Å². The summed E-state index contributed by atoms with van der Waals surface area (Å²) in [5, 5.41) is 15.3. The first-order chi connectivity index (χ1) is 15.8. The Hall–Kier alpha value is -3.90. The van der Waals surface area contributed by atoms with Gasteiger partial charge in [-0.3, -0.25) is 0 Å². The van der Waals surface area contributed by atoms with Crippen molar-refractivity contribution < 1.29 is 0 Å². The number of H-pyrrole nitrogens is 1. The van der Waals surface area contributed by atoms with E-state index in [1.54, 1.807) is 4.52 Å². The van der Waals surface area contributed by atoms with Crippen LogP contribution in [0.15, 0.2) is 79.0 Å². The third-order valence-corrected chi connectivity index (χ3v) is 5.98. The number of nitrogens with one attached hydrogen (secondary N) is 2. The maximum absolute atomic E-state index is 6.06. The molecule has 0 bridgehead atoms. The van der Waals surface area contributed by atoms with Gasteiger partial charge < -0.3 is 10.3 Å². The summed E-state index contributed by atoms with van der Waals surface area (Å²) in [6.07, 6.45) is 2.97. The average molecular weight is 439 g/mol. The lowest BCUT2D eigenvalue weighted by molar-refractivity contribution is 0.876. The molecule has 32 heavy (non-hydrogen) atoms. The van der Waals surface area contributed by atoms with Crippen molar-refractivity contribution >= 4 is 44.9 Å². The average Bonchev–Trinajstić information content (AvgIpc) is 3.44. The second-order valence-electron chi connectivity index (χ2n) is 7.69. The number of rotatable bonds is 5. The fourth-order valence-corrected chi connectivity index (χ4v) is 4.27. The van der Waals surface area contributed by atoms with Crippen molar-refractivity contribution in [3.63, 3.8) is 0 Å². The molecule has 3 heterocycles. The fourth-order valence-electron chi connectivity index (χ4n) is 4.15. The molecule has 0 fully saturated rings. The molecule has 0 spiro atoms. The van der Waals surface area contributed by atoms with Gasteiger partial charge in [-0.05, 0) is 42.3 Å². The van der Waals surface area contributed by atoms with E-state index in [1.807, 2.05) is 48.5 Å². The monoisotopic (exact) mass is 438 g/mol. The molecule has 0 atom stereocenters. The van der Waals surface area contributed by atoms with Gasteiger partial charge in [0.2, 0.25) is 0 Å². The topological polar surface area (TPSA) is 70.9 Å². The van der Waals surface area contributed by atoms with Crippen molar-refractivity contribution in [1.29, 1.82) is 0 Å². The minimum absolute atomic E-state index is 0.684. The van der Waals surface area contributed by atoms with E-state index in [1.165, 1.54) is 10.9 Å². The van der Waals surface area contributed by atoms with Crippen LogP contribution in [0.4, 0.5) is 5.82 Å². The molecule has 6 rings (SSSR count). The fraction of sp³-hybridized carbons (Fsp3) is 0.0800. The molecule has 156 valence electrons. The van der Waals surface area contributed by atoms with E-state index >= 15 is 0 Å². The van der Waals surface area contributed by atoms with E-state index in [9.17, 15) is 0 Å². The molecule has 0 radical (unpaired) electrons. The number of para-hydroxylation sites is 2. The van der Waals surface area contributed by atoms with Crippen LogP contribution in [0.2, 0.25) is 5.02 Å². The van der Waals surface area contributed by atoms with Gasteiger partial charge in [-0.1, -0.05) is 59.3 Å². The van der Waals surface area contributed by atoms with E-state index in [-0.39, 0.29) is 0 Å². The number of hydrogen-bond acceptors (Lipinski definition) is 4. The quantitative estimate of drug-likeness (QED) is 0.360. The highest BCUT2D eigenvalue weighted by Gasteiger charge is 2.15. The number of fused-ring (bicyclic) bond motifs is 4. The second-order valence-corrected chi connectivity index (χ2v) is 8.13. The molecule has 0 aliphatic rings. The summed E-state index contributed by atoms with van der Waals surface area (Å²) in [6.45, 7) is 0.757. The van der Waals surface area contributed by atoms with Crippen LogP contribution < -0.4 is 5.32 Å². The van der Waals surface area contributed by atoms with Crippen LogP contribution in [-0.4, -0.2) is 31.3 Å². The Balaban J connectivity index is 1.38. The molecule has 2 N–H and O–H groups in total. The molecule has 3 aromatic carbocycles. The minimum Gasteiger partial charge on any atom is -0.369 e. The van der Waals surface area contributed by atoms with Gasteiger partial charge in [0, 0.05) is 39.6 Å². The summed E-state index contributed by atoms with van der Waals surface area (Å²) in [4.78, 5) is 8.27. The van der Waals surface area contributed by atoms with Crippen molar-refractivity contribution in [2.75, 3.05) is 11.9 Å². The largest absolute Gasteiger partial charge is 0.369 e. The number of halogens is 1. The maximum Gasteiger partial charge on any atom is 0.186 e. The zero-order valence-electron chi connectivity index (χ0n) is 17.1. The Morgan fingerprint density at radius 2 is 1.69 bits per heavy atom. The summed E-state index contributed by atoms with van der Waals surface area (Å²) in [5.41, 5.74) is 5.77. The smallest absolute Gasteiger partial charge is 0.186 e. The predicted octanol–water partition coefficient (Wildman–Crippen LogP) is 5.73. The summed E-state index contributed by atoms with van der Waals surface area (Å²) >= 11 is 6.06. The predicted molar refractivity (Wildman–Crippen MR) is 129 cm³/mol. The molecule has 0 amide bonds. The molecule has 0 saturated heterocycles. The van der Waals surface area contributed by atoms with Crippen molar-refractivity contribution in [2.24, 2.45) is 0 Å². The Labute approximate surface area is 188 Å². The van der Waals surface area contributed by atoms with Crippen molar-refractivity contribution in [2.45, 2.75) is 6.42 Å². The molecule has 0 aliphatic heterocycles. The van der Waals surface area contributed by atoms with Crippen molar-refractivity contribution in [3.8, 4) is 11.3 Å². The van der Waals surface area contributed by atoms with Gasteiger partial charge in [-0.2, -0.15) is 4.52 Å². The molecular weight excluding hydrogens is 420 g/mol. The van der Waals surface area contributed by atoms with E-state index in [0.29, 0.717) is 10.7 Å². The number of aromatic nitrogens is 5. The van der Waals surface area contributed by atoms with Gasteiger partial charge in [0.25, 0.3) is 0 Å². The normalized spacial score (nSPS) is 11.5. The lowest BCUT2D eigenvalue weighted by atomic mass is 10.1. The third-order valence-electron chi connectivity index (χ3n) is 5.73. The number of aromatic amines is 1. The Bertz CT molecular complexity index is 1560. The third kappa shape index (κ3) is 3.16. The molecule has 0 saturated carbocycles. The number of benzene rings is 3. The lowest BCUT2D eigenvalue weighted by Crippen LogP contribution is -2.08. The van der Waals surface area contributed by atoms with Crippen LogP contribution in [0.3, 0.4) is 0 Å². The highest BCUT2D eigenvalue weighted by atomic mass is 35.5. The number of anilines is 1. The molecular formula is C25H19ClN6. The van der Waals surface area contributed by atoms with Crippen LogP contribution in [-0.2, 0) is 6.42 Å². The van der Waals surface area contributed by atoms with E-state index in [2.05, 4.69) is 51.1 Å². The minimum atomic E-state index is 0.684. The van der Waals surface area contributed by atoms with Crippen molar-refractivity contribution in [1.82, 2.24) is 24.8 Å². The summed E-state index contributed by atoms with van der Waals surface area (Å²) < 4.78 is 1.80. The molecule has 0 unspecified atom stereocenters. The Morgan fingerprint density at radius 3 is 2.56 bits per heavy atom. The van der Waals surface area contributed by atoms with E-state index < -0.39 is 0 Å². The Kier molecular flexibility index (Phi) is 4.51. The van der Waals surface area contributed by atoms with Gasteiger partial charge in [0.1, 0.15) is 11.5 Å². The molecule has 0 aliphatic carbocycles. The first kappa shape index (κ1) is 18.8. The van der Waals surface area contributed by atoms with E-state index in [0.717, 1.165) is 46.5 Å². The highest BCUT2D eigenvalue weighted by Crippen LogP contribution is 2.28. The van der Waals surface area contributed by atoms with Crippen LogP contribution in [0.1, 0.15) is 5.56 Å². The van der Waals surface area contributed by atoms with Crippen LogP contribution in [0, 0.1) is 0 Å². The second kappa shape index (κ2) is 7.66. The van der Waals surface area contributed by atoms with Crippen LogP contribution in [0.5, 0.6) is 0 Å². The van der Waals surface area contributed by atoms with E-state index in [4.69, 9.17) is 16.6 Å². The SMILES string of the molecule is Clc1ccc(-c2nnn3c2nc(NCCc2c[nH]c4ccccc24)c2ccccc23)cc1. The summed E-state index contributed by atoms with van der Waals surface area (Å²) in [6, 6.07) is 24.0. The standard InChI is InChI=1S/C25H19ClN6/c26-18-11-9-16(10-12-18)23-25-29-24(20-6-2-4-8-22(20)32(25)31-30-23)27-14-13-17-15-28-21-7-3-1-5-19(17)21/h1-12,15,28H,13-14H2,(H,27,29). The van der Waals surface area contributed by atoms with Crippen LogP contribution in [0.25, 0.3) is 38.7 Å². The zero-order chi connectivity index (χ0) is 21.5. The number of nitrogens with zero attached hydrogens (tertiary/aromatic N) is 4.